The maximum atomic E-state index is 12.0. The lowest BCUT2D eigenvalue weighted by molar-refractivity contribution is 0.0695. The van der Waals surface area contributed by atoms with E-state index in [-0.39, 0.29) is 23.3 Å². The Balaban J connectivity index is 1.53. The van der Waals surface area contributed by atoms with Gasteiger partial charge in [0.25, 0.3) is 5.91 Å². The molecule has 2 N–H and O–H groups in total. The number of aromatic carboxylic acids is 1. The third kappa shape index (κ3) is 2.71. The van der Waals surface area contributed by atoms with E-state index >= 15 is 0 Å². The van der Waals surface area contributed by atoms with E-state index in [4.69, 9.17) is 9.52 Å². The molecule has 2 atom stereocenters. The molecule has 108 valence electrons. The number of carboxylic acids is 1. The van der Waals surface area contributed by atoms with Gasteiger partial charge < -0.3 is 14.8 Å². The van der Waals surface area contributed by atoms with Crippen LogP contribution in [0.5, 0.6) is 0 Å². The molecule has 20 heavy (non-hydrogen) atoms. The number of carbonyl (C=O) groups is 2. The quantitative estimate of drug-likeness (QED) is 0.886. The zero-order valence-electron chi connectivity index (χ0n) is 11.3. The molecule has 1 aromatic rings. The van der Waals surface area contributed by atoms with Gasteiger partial charge in [0.1, 0.15) is 6.26 Å². The second kappa shape index (κ2) is 5.31. The number of nitrogens with one attached hydrogen (secondary N) is 1. The van der Waals surface area contributed by atoms with Crippen LogP contribution >= 0.6 is 0 Å². The summed E-state index contributed by atoms with van der Waals surface area (Å²) in [7, 11) is 0. The van der Waals surface area contributed by atoms with Crippen molar-refractivity contribution in [1.29, 1.82) is 0 Å². The maximum Gasteiger partial charge on any atom is 0.338 e. The van der Waals surface area contributed by atoms with Crippen molar-refractivity contribution >= 4 is 11.9 Å². The number of amides is 1. The van der Waals surface area contributed by atoms with Crippen molar-refractivity contribution in [3.8, 4) is 0 Å². The van der Waals surface area contributed by atoms with Gasteiger partial charge in [-0.05, 0) is 18.3 Å². The van der Waals surface area contributed by atoms with Crippen molar-refractivity contribution < 1.29 is 19.1 Å². The summed E-state index contributed by atoms with van der Waals surface area (Å²) in [6.45, 7) is 0. The molecule has 2 saturated carbocycles. The Morgan fingerprint density at radius 1 is 1.25 bits per heavy atom. The van der Waals surface area contributed by atoms with E-state index in [1.54, 1.807) is 0 Å². The minimum Gasteiger partial charge on any atom is -0.478 e. The first-order valence-electron chi connectivity index (χ1n) is 7.28. The molecule has 2 unspecified atom stereocenters. The third-order valence-corrected chi connectivity index (χ3v) is 4.48. The summed E-state index contributed by atoms with van der Waals surface area (Å²) in [4.78, 5) is 22.7. The molecule has 5 nitrogen and oxygen atoms in total. The molecule has 2 aliphatic carbocycles. The number of hydrogen-bond donors (Lipinski definition) is 2. The average molecular weight is 277 g/mol. The number of hydrogen-bond acceptors (Lipinski definition) is 3. The van der Waals surface area contributed by atoms with Crippen LogP contribution in [0, 0.1) is 11.8 Å². The first-order valence-corrected chi connectivity index (χ1v) is 7.28. The first-order chi connectivity index (χ1) is 9.65. The van der Waals surface area contributed by atoms with Gasteiger partial charge in [0, 0.05) is 12.1 Å². The SMILES string of the molecule is O=C(O)c1coc(C(=O)NC2CC2C2CCCCC2)c1. The Bertz CT molecular complexity index is 516. The predicted molar refractivity (Wildman–Crippen MR) is 71.6 cm³/mol. The molecule has 0 radical (unpaired) electrons. The van der Waals surface area contributed by atoms with Crippen LogP contribution in [0.3, 0.4) is 0 Å². The van der Waals surface area contributed by atoms with Gasteiger partial charge in [-0.1, -0.05) is 32.1 Å². The van der Waals surface area contributed by atoms with Gasteiger partial charge in [0.15, 0.2) is 5.76 Å². The van der Waals surface area contributed by atoms with Crippen molar-refractivity contribution in [3.63, 3.8) is 0 Å². The van der Waals surface area contributed by atoms with Crippen LogP contribution in [0.2, 0.25) is 0 Å². The fourth-order valence-corrected chi connectivity index (χ4v) is 3.27. The van der Waals surface area contributed by atoms with Gasteiger partial charge >= 0.3 is 5.97 Å². The molecule has 1 aromatic heterocycles. The highest BCUT2D eigenvalue weighted by Crippen LogP contribution is 2.44. The summed E-state index contributed by atoms with van der Waals surface area (Å²) in [6, 6.07) is 1.51. The fraction of sp³-hybridized carbons (Fsp3) is 0.600. The van der Waals surface area contributed by atoms with E-state index in [1.165, 1.54) is 38.2 Å². The van der Waals surface area contributed by atoms with Crippen molar-refractivity contribution in [2.24, 2.45) is 11.8 Å². The van der Waals surface area contributed by atoms with Crippen molar-refractivity contribution in [3.05, 3.63) is 23.7 Å². The zero-order chi connectivity index (χ0) is 14.1. The number of carboxylic acid groups (broad SMARTS) is 1. The largest absolute Gasteiger partial charge is 0.478 e. The maximum absolute atomic E-state index is 12.0. The normalized spacial score (nSPS) is 26.2. The molecule has 3 rings (SSSR count). The van der Waals surface area contributed by atoms with Crippen LogP contribution < -0.4 is 5.32 Å². The summed E-state index contributed by atoms with van der Waals surface area (Å²) >= 11 is 0. The number of carbonyl (C=O) groups excluding carboxylic acids is 1. The standard InChI is InChI=1S/C15H19NO4/c17-14(13-6-10(8-20-13)15(18)19)16-12-7-11(12)9-4-2-1-3-5-9/h6,8-9,11-12H,1-5,7H2,(H,16,17)(H,18,19). The Labute approximate surface area is 117 Å². The Hall–Kier alpha value is -1.78. The molecule has 5 heteroatoms. The van der Waals surface area contributed by atoms with Crippen molar-refractivity contribution in [2.75, 3.05) is 0 Å². The molecular weight excluding hydrogens is 258 g/mol. The molecule has 0 bridgehead atoms. The van der Waals surface area contributed by atoms with Gasteiger partial charge in [-0.25, -0.2) is 4.79 Å². The van der Waals surface area contributed by atoms with Crippen LogP contribution in [0.1, 0.15) is 59.4 Å². The Kier molecular flexibility index (Phi) is 3.51. The smallest absolute Gasteiger partial charge is 0.338 e. The van der Waals surface area contributed by atoms with E-state index in [9.17, 15) is 9.59 Å². The average Bonchev–Trinajstić information content (AvgIpc) is 3.02. The second-order valence-corrected chi connectivity index (χ2v) is 5.88. The second-order valence-electron chi connectivity index (χ2n) is 5.88. The third-order valence-electron chi connectivity index (χ3n) is 4.48. The highest BCUT2D eigenvalue weighted by atomic mass is 16.4. The van der Waals surface area contributed by atoms with E-state index in [2.05, 4.69) is 5.32 Å². The van der Waals surface area contributed by atoms with E-state index in [0.717, 1.165) is 18.6 Å². The van der Waals surface area contributed by atoms with E-state index < -0.39 is 5.97 Å². The highest BCUT2D eigenvalue weighted by molar-refractivity contribution is 5.95. The van der Waals surface area contributed by atoms with Crippen molar-refractivity contribution in [1.82, 2.24) is 5.32 Å². The van der Waals surface area contributed by atoms with Crippen LogP contribution in [0.15, 0.2) is 16.7 Å². The topological polar surface area (TPSA) is 79.5 Å². The van der Waals surface area contributed by atoms with Crippen LogP contribution in [0.4, 0.5) is 0 Å². The van der Waals surface area contributed by atoms with Gasteiger partial charge in [-0.15, -0.1) is 0 Å². The monoisotopic (exact) mass is 277 g/mol. The van der Waals surface area contributed by atoms with Crippen LogP contribution in [0.25, 0.3) is 0 Å². The predicted octanol–water partition coefficient (Wildman–Crippen LogP) is 2.68. The van der Waals surface area contributed by atoms with Gasteiger partial charge in [-0.3, -0.25) is 4.79 Å². The molecule has 0 saturated heterocycles. The minimum atomic E-state index is -1.08. The molecule has 0 aliphatic heterocycles. The number of furan rings is 1. The summed E-state index contributed by atoms with van der Waals surface area (Å²) in [5.41, 5.74) is 0.00905. The Morgan fingerprint density at radius 2 is 2.00 bits per heavy atom. The molecule has 1 heterocycles. The fourth-order valence-electron chi connectivity index (χ4n) is 3.27. The first kappa shape index (κ1) is 13.2. The van der Waals surface area contributed by atoms with Crippen molar-refractivity contribution in [2.45, 2.75) is 44.6 Å². The molecule has 2 fully saturated rings. The molecular formula is C15H19NO4. The van der Waals surface area contributed by atoms with E-state index in [0.29, 0.717) is 5.92 Å². The summed E-state index contributed by atoms with van der Waals surface area (Å²) in [5, 5.41) is 11.7. The van der Waals surface area contributed by atoms with Gasteiger partial charge in [0.2, 0.25) is 0 Å². The van der Waals surface area contributed by atoms with Crippen LogP contribution in [-0.4, -0.2) is 23.0 Å². The lowest BCUT2D eigenvalue weighted by atomic mass is 9.85. The summed E-state index contributed by atoms with van der Waals surface area (Å²) in [5.74, 6) is 0.0465. The zero-order valence-corrected chi connectivity index (χ0v) is 11.3. The van der Waals surface area contributed by atoms with Gasteiger partial charge in [-0.2, -0.15) is 0 Å². The molecule has 0 spiro atoms. The summed E-state index contributed by atoms with van der Waals surface area (Å²) < 4.78 is 5.00. The van der Waals surface area contributed by atoms with Gasteiger partial charge in [0.05, 0.1) is 5.56 Å². The molecule has 0 aromatic carbocycles. The lowest BCUT2D eigenvalue weighted by Crippen LogP contribution is -2.28. The minimum absolute atomic E-state index is 0.00905. The van der Waals surface area contributed by atoms with E-state index in [1.807, 2.05) is 0 Å². The number of rotatable bonds is 4. The lowest BCUT2D eigenvalue weighted by Gasteiger charge is -2.21. The highest BCUT2D eigenvalue weighted by Gasteiger charge is 2.44. The Morgan fingerprint density at radius 3 is 2.65 bits per heavy atom. The molecule has 1 amide bonds. The molecule has 2 aliphatic rings. The van der Waals surface area contributed by atoms with Crippen LogP contribution in [-0.2, 0) is 0 Å². The summed E-state index contributed by atoms with van der Waals surface area (Å²) in [6.07, 6.45) is 8.65.